The SMILES string of the molecule is CC1CCCCC1NC(=O)COC(=O)c1nc(N2CCCCC2)ncc1Cl. The molecule has 1 aliphatic heterocycles. The van der Waals surface area contributed by atoms with E-state index < -0.39 is 5.97 Å². The maximum absolute atomic E-state index is 12.4. The number of halogens is 1. The second-order valence-electron chi connectivity index (χ2n) is 7.43. The summed E-state index contributed by atoms with van der Waals surface area (Å²) in [6.45, 7) is 3.52. The van der Waals surface area contributed by atoms with Gasteiger partial charge in [0.15, 0.2) is 12.3 Å². The van der Waals surface area contributed by atoms with E-state index in [2.05, 4.69) is 22.2 Å². The van der Waals surface area contributed by atoms with Gasteiger partial charge >= 0.3 is 5.97 Å². The van der Waals surface area contributed by atoms with Crippen LogP contribution < -0.4 is 10.2 Å². The van der Waals surface area contributed by atoms with Crippen LogP contribution in [0, 0.1) is 5.92 Å². The Morgan fingerprint density at radius 3 is 2.70 bits per heavy atom. The van der Waals surface area contributed by atoms with Crippen molar-refractivity contribution in [3.05, 3.63) is 16.9 Å². The van der Waals surface area contributed by atoms with Crippen LogP contribution in [0.2, 0.25) is 5.02 Å². The molecule has 27 heavy (non-hydrogen) atoms. The third-order valence-corrected chi connectivity index (χ3v) is 5.63. The molecule has 7 nitrogen and oxygen atoms in total. The fourth-order valence-corrected chi connectivity index (χ4v) is 3.89. The molecule has 3 rings (SSSR count). The number of nitrogens with one attached hydrogen (secondary N) is 1. The average molecular weight is 395 g/mol. The Balaban J connectivity index is 1.56. The zero-order valence-electron chi connectivity index (χ0n) is 15.7. The molecule has 2 atom stereocenters. The number of piperidine rings is 1. The molecule has 1 aromatic heterocycles. The van der Waals surface area contributed by atoms with Gasteiger partial charge in [-0.05, 0) is 38.0 Å². The van der Waals surface area contributed by atoms with E-state index >= 15 is 0 Å². The van der Waals surface area contributed by atoms with E-state index in [0.29, 0.717) is 11.9 Å². The van der Waals surface area contributed by atoms with E-state index in [1.165, 1.54) is 19.0 Å². The molecule has 0 bridgehead atoms. The first kappa shape index (κ1) is 19.9. The van der Waals surface area contributed by atoms with Gasteiger partial charge in [-0.15, -0.1) is 0 Å². The topological polar surface area (TPSA) is 84.4 Å². The van der Waals surface area contributed by atoms with Gasteiger partial charge in [-0.3, -0.25) is 4.79 Å². The zero-order chi connectivity index (χ0) is 19.2. The second-order valence-corrected chi connectivity index (χ2v) is 7.83. The molecule has 148 valence electrons. The van der Waals surface area contributed by atoms with Gasteiger partial charge in [-0.1, -0.05) is 31.4 Å². The van der Waals surface area contributed by atoms with Crippen molar-refractivity contribution in [3.63, 3.8) is 0 Å². The Hall–Kier alpha value is -1.89. The Morgan fingerprint density at radius 2 is 1.96 bits per heavy atom. The van der Waals surface area contributed by atoms with Crippen LogP contribution in [0.3, 0.4) is 0 Å². The van der Waals surface area contributed by atoms with E-state index in [4.69, 9.17) is 16.3 Å². The van der Waals surface area contributed by atoms with Gasteiger partial charge in [0.05, 0.1) is 11.2 Å². The molecule has 1 saturated heterocycles. The van der Waals surface area contributed by atoms with Gasteiger partial charge in [0.2, 0.25) is 5.95 Å². The molecule has 0 radical (unpaired) electrons. The third kappa shape index (κ3) is 5.31. The van der Waals surface area contributed by atoms with E-state index in [1.807, 2.05) is 4.90 Å². The van der Waals surface area contributed by atoms with E-state index in [-0.39, 0.29) is 29.3 Å². The number of ether oxygens (including phenoxy) is 1. The number of nitrogens with zero attached hydrogens (tertiary/aromatic N) is 3. The van der Waals surface area contributed by atoms with Crippen LogP contribution in [0.1, 0.15) is 62.4 Å². The molecule has 1 saturated carbocycles. The maximum Gasteiger partial charge on any atom is 0.359 e. The molecule has 0 aromatic carbocycles. The molecule has 2 heterocycles. The molecule has 2 unspecified atom stereocenters. The summed E-state index contributed by atoms with van der Waals surface area (Å²) >= 11 is 6.08. The number of esters is 1. The lowest BCUT2D eigenvalue weighted by atomic mass is 9.86. The minimum atomic E-state index is -0.701. The van der Waals surface area contributed by atoms with Crippen molar-refractivity contribution < 1.29 is 14.3 Å². The minimum absolute atomic E-state index is 0.00562. The first-order valence-electron chi connectivity index (χ1n) is 9.78. The predicted octanol–water partition coefficient (Wildman–Crippen LogP) is 2.97. The highest BCUT2D eigenvalue weighted by molar-refractivity contribution is 6.33. The Labute approximate surface area is 164 Å². The fraction of sp³-hybridized carbons (Fsp3) is 0.684. The summed E-state index contributed by atoms with van der Waals surface area (Å²) in [5.41, 5.74) is 0.00562. The van der Waals surface area contributed by atoms with Crippen molar-refractivity contribution in [3.8, 4) is 0 Å². The highest BCUT2D eigenvalue weighted by Crippen LogP contribution is 2.24. The van der Waals surface area contributed by atoms with Gasteiger partial charge in [0, 0.05) is 19.1 Å². The number of amides is 1. The third-order valence-electron chi connectivity index (χ3n) is 5.36. The summed E-state index contributed by atoms with van der Waals surface area (Å²) in [5.74, 6) is -0.0654. The van der Waals surface area contributed by atoms with Crippen molar-refractivity contribution in [2.24, 2.45) is 5.92 Å². The van der Waals surface area contributed by atoms with Crippen molar-refractivity contribution in [1.29, 1.82) is 0 Å². The van der Waals surface area contributed by atoms with Crippen LogP contribution in [0.25, 0.3) is 0 Å². The van der Waals surface area contributed by atoms with Crippen molar-refractivity contribution in [1.82, 2.24) is 15.3 Å². The molecule has 8 heteroatoms. The number of rotatable bonds is 5. The van der Waals surface area contributed by atoms with E-state index in [9.17, 15) is 9.59 Å². The van der Waals surface area contributed by atoms with Crippen LogP contribution in [-0.4, -0.2) is 47.6 Å². The molecular weight excluding hydrogens is 368 g/mol. The summed E-state index contributed by atoms with van der Waals surface area (Å²) in [4.78, 5) is 35.0. The normalized spacial score (nSPS) is 23.0. The lowest BCUT2D eigenvalue weighted by molar-refractivity contribution is -0.125. The summed E-state index contributed by atoms with van der Waals surface area (Å²) in [6.07, 6.45) is 9.15. The summed E-state index contributed by atoms with van der Waals surface area (Å²) in [7, 11) is 0. The lowest BCUT2D eigenvalue weighted by Crippen LogP contribution is -2.42. The molecule has 1 aliphatic carbocycles. The lowest BCUT2D eigenvalue weighted by Gasteiger charge is -2.29. The smallest absolute Gasteiger partial charge is 0.359 e. The van der Waals surface area contributed by atoms with E-state index in [1.54, 1.807) is 0 Å². The molecule has 0 spiro atoms. The number of anilines is 1. The first-order chi connectivity index (χ1) is 13.0. The predicted molar refractivity (Wildman–Crippen MR) is 103 cm³/mol. The maximum atomic E-state index is 12.4. The molecule has 2 aliphatic rings. The Morgan fingerprint density at radius 1 is 1.22 bits per heavy atom. The monoisotopic (exact) mass is 394 g/mol. The second kappa shape index (κ2) is 9.35. The number of aromatic nitrogens is 2. The fourth-order valence-electron chi connectivity index (χ4n) is 3.73. The quantitative estimate of drug-likeness (QED) is 0.773. The zero-order valence-corrected chi connectivity index (χ0v) is 16.5. The Kier molecular flexibility index (Phi) is 6.88. The van der Waals surface area contributed by atoms with E-state index in [0.717, 1.165) is 45.2 Å². The van der Waals surface area contributed by atoms with Gasteiger partial charge in [-0.2, -0.15) is 0 Å². The first-order valence-corrected chi connectivity index (χ1v) is 10.2. The molecule has 1 N–H and O–H groups in total. The molecule has 1 amide bonds. The molecule has 2 fully saturated rings. The number of hydrogen-bond donors (Lipinski definition) is 1. The van der Waals surface area contributed by atoms with Crippen LogP contribution >= 0.6 is 11.6 Å². The summed E-state index contributed by atoms with van der Waals surface area (Å²) < 4.78 is 5.15. The van der Waals surface area contributed by atoms with Gasteiger partial charge < -0.3 is 15.0 Å². The Bertz CT molecular complexity index is 679. The van der Waals surface area contributed by atoms with Gasteiger partial charge in [0.25, 0.3) is 5.91 Å². The van der Waals surface area contributed by atoms with Crippen LogP contribution in [-0.2, 0) is 9.53 Å². The minimum Gasteiger partial charge on any atom is -0.451 e. The molecule has 1 aromatic rings. The summed E-state index contributed by atoms with van der Waals surface area (Å²) in [5, 5.41) is 3.09. The number of hydrogen-bond acceptors (Lipinski definition) is 6. The molecular formula is C19H27ClN4O3. The van der Waals surface area contributed by atoms with Crippen LogP contribution in [0.4, 0.5) is 5.95 Å². The largest absolute Gasteiger partial charge is 0.451 e. The average Bonchev–Trinajstić information content (AvgIpc) is 2.69. The summed E-state index contributed by atoms with van der Waals surface area (Å²) in [6, 6.07) is 0.151. The van der Waals surface area contributed by atoms with Crippen LogP contribution in [0.15, 0.2) is 6.20 Å². The van der Waals surface area contributed by atoms with Crippen molar-refractivity contribution in [2.45, 2.75) is 57.9 Å². The van der Waals surface area contributed by atoms with Crippen LogP contribution in [0.5, 0.6) is 0 Å². The highest BCUT2D eigenvalue weighted by atomic mass is 35.5. The van der Waals surface area contributed by atoms with Gasteiger partial charge in [0.1, 0.15) is 0 Å². The standard InChI is InChI=1S/C19H27ClN4O3/c1-13-7-3-4-8-15(13)22-16(25)12-27-18(26)17-14(20)11-21-19(23-17)24-9-5-2-6-10-24/h11,13,15H,2-10,12H2,1H3,(H,22,25). The van der Waals surface area contributed by atoms with Crippen molar-refractivity contribution in [2.75, 3.05) is 24.6 Å². The number of carbonyl (C=O) groups excluding carboxylic acids is 2. The highest BCUT2D eigenvalue weighted by Gasteiger charge is 2.24. The number of carbonyl (C=O) groups is 2. The van der Waals surface area contributed by atoms with Gasteiger partial charge in [-0.25, -0.2) is 14.8 Å². The van der Waals surface area contributed by atoms with Crippen molar-refractivity contribution >= 4 is 29.4 Å².